The van der Waals surface area contributed by atoms with Gasteiger partial charge in [-0.05, 0) is 51.0 Å². The third-order valence-corrected chi connectivity index (χ3v) is 5.30. The van der Waals surface area contributed by atoms with E-state index in [1.807, 2.05) is 0 Å². The van der Waals surface area contributed by atoms with Gasteiger partial charge in [-0.25, -0.2) is 0 Å². The largest absolute Gasteiger partial charge is 0.0885 e. The van der Waals surface area contributed by atoms with Crippen molar-refractivity contribution in [3.05, 3.63) is 53.6 Å². The molecule has 0 aromatic heterocycles. The first-order valence-corrected chi connectivity index (χ1v) is 11.7. The molecule has 1 rings (SSSR count). The molecule has 0 aliphatic heterocycles. The Balaban J connectivity index is 1.85. The summed E-state index contributed by atoms with van der Waals surface area (Å²) in [6.45, 7) is 4.55. The molecule has 27 heavy (non-hydrogen) atoms. The molecule has 0 nitrogen and oxygen atoms in total. The smallest absolute Gasteiger partial charge is 0.0257 e. The molecule has 1 aromatic carbocycles. The van der Waals surface area contributed by atoms with Crippen molar-refractivity contribution in [2.45, 2.75) is 110 Å². The van der Waals surface area contributed by atoms with E-state index in [1.54, 1.807) is 0 Å². The topological polar surface area (TPSA) is 0 Å². The quantitative estimate of drug-likeness (QED) is 0.190. The van der Waals surface area contributed by atoms with E-state index in [1.165, 1.54) is 107 Å². The first-order chi connectivity index (χ1) is 13.3. The molecule has 1 aromatic rings. The number of allylic oxidation sites excluding steroid dienone is 3. The van der Waals surface area contributed by atoms with Gasteiger partial charge < -0.3 is 0 Å². The van der Waals surface area contributed by atoms with E-state index in [0.29, 0.717) is 0 Å². The van der Waals surface area contributed by atoms with Crippen LogP contribution in [0.2, 0.25) is 0 Å². The number of benzene rings is 1. The van der Waals surface area contributed by atoms with Crippen molar-refractivity contribution >= 4 is 6.08 Å². The van der Waals surface area contributed by atoms with Gasteiger partial charge in [0.1, 0.15) is 0 Å². The average molecular weight is 369 g/mol. The maximum atomic E-state index is 2.42. The standard InChI is InChI=1S/C27H44/c1-3-4-5-6-7-8-9-10-11-12-13-14-15-16-17-19-22-26(2)25-27-23-20-18-21-24-27/h10-11,18,20-21,23-25H,3-9,12-17,19,22H2,1-2H3/b11-10-,26-25?. The zero-order valence-electron chi connectivity index (χ0n) is 18.2. The van der Waals surface area contributed by atoms with E-state index >= 15 is 0 Å². The molecule has 0 heterocycles. The van der Waals surface area contributed by atoms with Crippen LogP contribution in [0.3, 0.4) is 0 Å². The molecular weight excluding hydrogens is 324 g/mol. The van der Waals surface area contributed by atoms with Gasteiger partial charge in [-0.2, -0.15) is 0 Å². The zero-order chi connectivity index (χ0) is 19.4. The zero-order valence-corrected chi connectivity index (χ0v) is 18.2. The summed E-state index contributed by atoms with van der Waals surface area (Å²) < 4.78 is 0. The van der Waals surface area contributed by atoms with Crippen LogP contribution in [0.15, 0.2) is 48.1 Å². The van der Waals surface area contributed by atoms with Gasteiger partial charge in [-0.15, -0.1) is 0 Å². The number of hydrogen-bond donors (Lipinski definition) is 0. The maximum Gasteiger partial charge on any atom is -0.0257 e. The average Bonchev–Trinajstić information content (AvgIpc) is 2.68. The van der Waals surface area contributed by atoms with Crippen molar-refractivity contribution in [1.29, 1.82) is 0 Å². The van der Waals surface area contributed by atoms with Crippen LogP contribution in [-0.2, 0) is 0 Å². The Morgan fingerprint density at radius 1 is 0.667 bits per heavy atom. The fourth-order valence-electron chi connectivity index (χ4n) is 3.56. The Morgan fingerprint density at radius 2 is 1.19 bits per heavy atom. The van der Waals surface area contributed by atoms with Crippen LogP contribution >= 0.6 is 0 Å². The second kappa shape index (κ2) is 18.1. The molecule has 152 valence electrons. The van der Waals surface area contributed by atoms with E-state index < -0.39 is 0 Å². The summed E-state index contributed by atoms with van der Waals surface area (Å²) in [5, 5.41) is 0. The normalized spacial score (nSPS) is 12.1. The Labute approximate surface area is 170 Å². The molecule has 0 heteroatoms. The van der Waals surface area contributed by atoms with Gasteiger partial charge in [0.05, 0.1) is 0 Å². The van der Waals surface area contributed by atoms with Crippen molar-refractivity contribution in [1.82, 2.24) is 0 Å². The van der Waals surface area contributed by atoms with Gasteiger partial charge in [0, 0.05) is 0 Å². The van der Waals surface area contributed by atoms with Crippen LogP contribution in [0.25, 0.3) is 6.08 Å². The molecular formula is C27H44. The van der Waals surface area contributed by atoms with Gasteiger partial charge >= 0.3 is 0 Å². The minimum atomic E-state index is 1.25. The third kappa shape index (κ3) is 15.5. The second-order valence-electron chi connectivity index (χ2n) is 8.09. The highest BCUT2D eigenvalue weighted by Gasteiger charge is 1.94. The molecule has 0 amide bonds. The van der Waals surface area contributed by atoms with Crippen LogP contribution in [0.5, 0.6) is 0 Å². The van der Waals surface area contributed by atoms with E-state index in [9.17, 15) is 0 Å². The first kappa shape index (κ1) is 23.7. The molecule has 0 saturated heterocycles. The monoisotopic (exact) mass is 368 g/mol. The minimum Gasteiger partial charge on any atom is -0.0885 e. The van der Waals surface area contributed by atoms with E-state index in [0.717, 1.165) is 0 Å². The third-order valence-electron chi connectivity index (χ3n) is 5.30. The van der Waals surface area contributed by atoms with Crippen LogP contribution in [0.1, 0.15) is 116 Å². The molecule has 0 saturated carbocycles. The lowest BCUT2D eigenvalue weighted by atomic mass is 10.0. The van der Waals surface area contributed by atoms with Gasteiger partial charge in [0.25, 0.3) is 0 Å². The highest BCUT2D eigenvalue weighted by atomic mass is 14.0. The lowest BCUT2D eigenvalue weighted by Gasteiger charge is -2.03. The van der Waals surface area contributed by atoms with Crippen LogP contribution in [-0.4, -0.2) is 0 Å². The number of hydrogen-bond acceptors (Lipinski definition) is 0. The Bertz CT molecular complexity index is 480. The Morgan fingerprint density at radius 3 is 1.78 bits per heavy atom. The molecule has 0 bridgehead atoms. The predicted octanol–water partition coefficient (Wildman–Crippen LogP) is 9.52. The van der Waals surface area contributed by atoms with Gasteiger partial charge in [-0.3, -0.25) is 0 Å². The maximum absolute atomic E-state index is 2.42. The number of unbranched alkanes of at least 4 members (excludes halogenated alkanes) is 12. The Hall–Kier alpha value is -1.30. The molecule has 0 unspecified atom stereocenters. The SMILES string of the molecule is CCCCCCCC/C=C\CCCCCCCCC(C)=Cc1ccccc1. The fourth-order valence-corrected chi connectivity index (χ4v) is 3.56. The molecule has 0 aliphatic rings. The summed E-state index contributed by atoms with van der Waals surface area (Å²) in [4.78, 5) is 0. The highest BCUT2D eigenvalue weighted by Crippen LogP contribution is 2.15. The lowest BCUT2D eigenvalue weighted by molar-refractivity contribution is 0.595. The molecule has 0 atom stereocenters. The van der Waals surface area contributed by atoms with Crippen molar-refractivity contribution < 1.29 is 0 Å². The van der Waals surface area contributed by atoms with Crippen LogP contribution in [0.4, 0.5) is 0 Å². The van der Waals surface area contributed by atoms with Crippen molar-refractivity contribution in [3.63, 3.8) is 0 Å². The van der Waals surface area contributed by atoms with Crippen molar-refractivity contribution in [2.75, 3.05) is 0 Å². The van der Waals surface area contributed by atoms with Crippen LogP contribution < -0.4 is 0 Å². The van der Waals surface area contributed by atoms with E-state index in [2.05, 4.69) is 62.4 Å². The molecule has 0 spiro atoms. The second-order valence-corrected chi connectivity index (χ2v) is 8.09. The Kier molecular flexibility index (Phi) is 15.9. The van der Waals surface area contributed by atoms with Gasteiger partial charge in [0.2, 0.25) is 0 Å². The molecule has 0 radical (unpaired) electrons. The summed E-state index contributed by atoms with van der Waals surface area (Å²) in [6.07, 6.45) is 27.8. The summed E-state index contributed by atoms with van der Waals surface area (Å²) >= 11 is 0. The molecule has 0 N–H and O–H groups in total. The van der Waals surface area contributed by atoms with Gasteiger partial charge in [-0.1, -0.05) is 119 Å². The molecule has 0 fully saturated rings. The van der Waals surface area contributed by atoms with E-state index in [-0.39, 0.29) is 0 Å². The highest BCUT2D eigenvalue weighted by molar-refractivity contribution is 5.51. The minimum absolute atomic E-state index is 1.25. The summed E-state index contributed by atoms with van der Waals surface area (Å²) in [5.41, 5.74) is 2.84. The fraction of sp³-hybridized carbons (Fsp3) is 0.630. The first-order valence-electron chi connectivity index (χ1n) is 11.7. The van der Waals surface area contributed by atoms with Gasteiger partial charge in [0.15, 0.2) is 0 Å². The predicted molar refractivity (Wildman–Crippen MR) is 124 cm³/mol. The van der Waals surface area contributed by atoms with E-state index in [4.69, 9.17) is 0 Å². The summed E-state index contributed by atoms with van der Waals surface area (Å²) in [6, 6.07) is 10.7. The van der Waals surface area contributed by atoms with Crippen molar-refractivity contribution in [2.24, 2.45) is 0 Å². The summed E-state index contributed by atoms with van der Waals surface area (Å²) in [5.74, 6) is 0. The number of rotatable bonds is 17. The van der Waals surface area contributed by atoms with Crippen LogP contribution in [0, 0.1) is 0 Å². The van der Waals surface area contributed by atoms with Crippen molar-refractivity contribution in [3.8, 4) is 0 Å². The summed E-state index contributed by atoms with van der Waals surface area (Å²) in [7, 11) is 0. The lowest BCUT2D eigenvalue weighted by Crippen LogP contribution is -1.83. The molecule has 0 aliphatic carbocycles.